The smallest absolute Gasteiger partial charge is 0.428 e. The maximum atomic E-state index is 12.4. The average Bonchev–Trinajstić information content (AvgIpc) is 2.58. The molecule has 1 aromatic rings. The second kappa shape index (κ2) is 10.4. The molecule has 8 heteroatoms. The molecule has 1 rings (SSSR count). The van der Waals surface area contributed by atoms with Gasteiger partial charge in [-0.15, -0.1) is 0 Å². The van der Waals surface area contributed by atoms with Gasteiger partial charge < -0.3 is 20.0 Å². The van der Waals surface area contributed by atoms with Gasteiger partial charge in [0, 0.05) is 0 Å². The van der Waals surface area contributed by atoms with Gasteiger partial charge in [-0.25, -0.2) is 10.1 Å². The number of hydrogen-bond acceptors (Lipinski definition) is 7. The second-order valence-corrected chi connectivity index (χ2v) is 6.96. The molecule has 1 amide bonds. The first-order valence-corrected chi connectivity index (χ1v) is 8.51. The summed E-state index contributed by atoms with van der Waals surface area (Å²) >= 11 is 0. The van der Waals surface area contributed by atoms with Crippen molar-refractivity contribution in [2.75, 3.05) is 6.54 Å². The van der Waals surface area contributed by atoms with Gasteiger partial charge in [0.1, 0.15) is 11.9 Å². The van der Waals surface area contributed by atoms with Crippen molar-refractivity contribution in [2.45, 2.75) is 45.3 Å². The third kappa shape index (κ3) is 8.96. The molecule has 0 aliphatic heterocycles. The molecule has 0 aliphatic carbocycles. The van der Waals surface area contributed by atoms with Crippen LogP contribution in [-0.4, -0.2) is 42.5 Å². The summed E-state index contributed by atoms with van der Waals surface area (Å²) in [4.78, 5) is 46.4. The van der Waals surface area contributed by atoms with E-state index in [1.165, 1.54) is 0 Å². The van der Waals surface area contributed by atoms with Crippen LogP contribution >= 0.6 is 0 Å². The highest BCUT2D eigenvalue weighted by molar-refractivity contribution is 5.86. The molecule has 8 nitrogen and oxygen atoms in total. The summed E-state index contributed by atoms with van der Waals surface area (Å²) in [5.41, 5.74) is 5.80. The summed E-state index contributed by atoms with van der Waals surface area (Å²) in [5.74, 6) is -2.39. The Morgan fingerprint density at radius 2 is 1.81 bits per heavy atom. The number of carbonyl (C=O) groups is 4. The van der Waals surface area contributed by atoms with Crippen molar-refractivity contribution in [1.29, 1.82) is 0 Å². The minimum Gasteiger partial charge on any atom is -0.428 e. The van der Waals surface area contributed by atoms with E-state index in [0.29, 0.717) is 6.29 Å². The van der Waals surface area contributed by atoms with Gasteiger partial charge in [-0.1, -0.05) is 30.3 Å². The average molecular weight is 377 g/mol. The molecule has 0 bridgehead atoms. The number of rotatable bonds is 8. The summed E-state index contributed by atoms with van der Waals surface area (Å²) in [5, 5.41) is 3.50. The highest BCUT2D eigenvalue weighted by Crippen LogP contribution is 2.17. The number of ether oxygens (including phenoxy) is 2. The number of carbonyl (C=O) groups excluding carboxylic acids is 4. The zero-order valence-corrected chi connectivity index (χ0v) is 15.7. The van der Waals surface area contributed by atoms with Crippen molar-refractivity contribution in [3.8, 4) is 0 Å². The van der Waals surface area contributed by atoms with E-state index < -0.39 is 35.6 Å². The molecule has 0 aliphatic rings. The Hall–Kier alpha value is -2.74. The van der Waals surface area contributed by atoms with Gasteiger partial charge >= 0.3 is 12.1 Å². The number of nitrogens with two attached hydrogens (primary N) is 1. The second-order valence-electron chi connectivity index (χ2n) is 6.96. The summed E-state index contributed by atoms with van der Waals surface area (Å²) in [6, 6.07) is 7.94. The van der Waals surface area contributed by atoms with Gasteiger partial charge in [0.05, 0.1) is 18.5 Å². The van der Waals surface area contributed by atoms with Crippen LogP contribution in [0.3, 0.4) is 0 Å². The number of amides is 1. The third-order valence-corrected chi connectivity index (χ3v) is 3.41. The van der Waals surface area contributed by atoms with Gasteiger partial charge in [0.25, 0.3) is 5.91 Å². The van der Waals surface area contributed by atoms with Gasteiger partial charge in [-0.2, -0.15) is 0 Å². The number of aldehydes is 1. The fourth-order valence-electron chi connectivity index (χ4n) is 2.25. The molecular weight excluding hydrogens is 352 g/mol. The Morgan fingerprint density at radius 1 is 1.19 bits per heavy atom. The Morgan fingerprint density at radius 3 is 2.37 bits per heavy atom. The Kier molecular flexibility index (Phi) is 8.61. The molecule has 2 N–H and O–H groups in total. The number of benzene rings is 1. The fraction of sp³-hybridized carbons (Fsp3) is 0.474. The zero-order chi connectivity index (χ0) is 20.4. The van der Waals surface area contributed by atoms with E-state index in [-0.39, 0.29) is 19.4 Å². The first-order chi connectivity index (χ1) is 12.6. The van der Waals surface area contributed by atoms with Crippen LogP contribution in [0.25, 0.3) is 0 Å². The fourth-order valence-corrected chi connectivity index (χ4v) is 2.25. The van der Waals surface area contributed by atoms with E-state index in [1.807, 2.05) is 6.07 Å². The topological polar surface area (TPSA) is 127 Å². The van der Waals surface area contributed by atoms with E-state index in [4.69, 9.17) is 15.2 Å². The molecule has 1 unspecified atom stereocenters. The lowest BCUT2D eigenvalue weighted by molar-refractivity contribution is -0.146. The van der Waals surface area contributed by atoms with Crippen LogP contribution in [0.5, 0.6) is 0 Å². The Bertz CT molecular complexity index is 654. The van der Waals surface area contributed by atoms with E-state index in [1.54, 1.807) is 45.0 Å². The number of nitrogens with zero attached hydrogens (tertiary/aromatic N) is 1. The van der Waals surface area contributed by atoms with Crippen molar-refractivity contribution in [3.63, 3.8) is 0 Å². The van der Waals surface area contributed by atoms with Crippen LogP contribution in [0, 0.1) is 5.92 Å². The van der Waals surface area contributed by atoms with Crippen molar-refractivity contribution in [1.82, 2.24) is 5.32 Å². The van der Waals surface area contributed by atoms with Crippen LogP contribution in [0.2, 0.25) is 0 Å². The maximum Gasteiger partial charge on any atom is 0.516 e. The molecule has 0 heterocycles. The Balaban J connectivity index is 2.83. The van der Waals surface area contributed by atoms with Gasteiger partial charge in [-0.05, 0) is 39.2 Å². The molecule has 1 aromatic carbocycles. The Labute approximate surface area is 158 Å². The third-order valence-electron chi connectivity index (χ3n) is 3.41. The maximum absolute atomic E-state index is 12.4. The van der Waals surface area contributed by atoms with Crippen LogP contribution < -0.4 is 11.1 Å². The molecule has 0 fully saturated rings. The molecule has 0 saturated carbocycles. The van der Waals surface area contributed by atoms with Crippen LogP contribution in [-0.2, 0) is 30.3 Å². The first kappa shape index (κ1) is 22.3. The number of hydrogen-bond donors (Lipinski definition) is 1. The minimum absolute atomic E-state index is 0.0856. The lowest BCUT2D eigenvalue weighted by Crippen LogP contribution is -2.41. The van der Waals surface area contributed by atoms with E-state index >= 15 is 0 Å². The van der Waals surface area contributed by atoms with Gasteiger partial charge in [0.2, 0.25) is 0 Å². The van der Waals surface area contributed by atoms with Crippen molar-refractivity contribution < 1.29 is 28.7 Å². The summed E-state index contributed by atoms with van der Waals surface area (Å²) in [6.45, 7) is 4.63. The van der Waals surface area contributed by atoms with Gasteiger partial charge in [-0.3, -0.25) is 9.59 Å². The molecule has 0 saturated heterocycles. The first-order valence-electron chi connectivity index (χ1n) is 8.51. The molecule has 0 spiro atoms. The van der Waals surface area contributed by atoms with Crippen LogP contribution in [0.1, 0.15) is 32.8 Å². The predicted molar refractivity (Wildman–Crippen MR) is 96.6 cm³/mol. The minimum atomic E-state index is -1.11. The summed E-state index contributed by atoms with van der Waals surface area (Å²) in [6.07, 6.45) is -0.506. The normalized spacial score (nSPS) is 13.2. The van der Waals surface area contributed by atoms with E-state index in [2.05, 4.69) is 5.32 Å². The predicted octanol–water partition coefficient (Wildman–Crippen LogP) is 1.37. The molecule has 2 atom stereocenters. The SMILES string of the molecule is CC(C)(C)OC(=O)OC(=O)C(Cc1ccccc1)C[C@H](N)C(=O)[N]CC=O. The standard InChI is InChI=1S/C19H25N2O6/c1-19(2,3)27-18(25)26-17(24)14(11-13-7-5-4-6-8-13)12-15(20)16(23)21-9-10-22/h4-8,10,14-15H,9,11-12,20H2,1-3H3/t14?,15-/m0/s1. The van der Waals surface area contributed by atoms with E-state index in [0.717, 1.165) is 5.56 Å². The summed E-state index contributed by atoms with van der Waals surface area (Å²) in [7, 11) is 0. The molecular formula is C19H25N2O6. The van der Waals surface area contributed by atoms with Crippen LogP contribution in [0.4, 0.5) is 4.79 Å². The van der Waals surface area contributed by atoms with Gasteiger partial charge in [0.15, 0.2) is 0 Å². The lowest BCUT2D eigenvalue weighted by atomic mass is 9.92. The summed E-state index contributed by atoms with van der Waals surface area (Å²) < 4.78 is 9.75. The van der Waals surface area contributed by atoms with Crippen LogP contribution in [0.15, 0.2) is 30.3 Å². The number of esters is 1. The lowest BCUT2D eigenvalue weighted by Gasteiger charge is -2.21. The zero-order valence-electron chi connectivity index (χ0n) is 15.7. The highest BCUT2D eigenvalue weighted by atomic mass is 16.7. The van der Waals surface area contributed by atoms with Crippen molar-refractivity contribution in [2.24, 2.45) is 11.7 Å². The quantitative estimate of drug-likeness (QED) is 0.412. The molecule has 27 heavy (non-hydrogen) atoms. The highest BCUT2D eigenvalue weighted by Gasteiger charge is 2.30. The monoisotopic (exact) mass is 377 g/mol. The molecule has 0 aromatic heterocycles. The van der Waals surface area contributed by atoms with E-state index in [9.17, 15) is 19.2 Å². The molecule has 147 valence electrons. The molecule has 1 radical (unpaired) electrons. The van der Waals surface area contributed by atoms with Crippen molar-refractivity contribution >= 4 is 24.3 Å². The largest absolute Gasteiger partial charge is 0.516 e. The van der Waals surface area contributed by atoms with Crippen molar-refractivity contribution in [3.05, 3.63) is 35.9 Å².